The van der Waals surface area contributed by atoms with Crippen LogP contribution in [-0.2, 0) is 0 Å². The van der Waals surface area contributed by atoms with Gasteiger partial charge in [0.2, 0.25) is 5.13 Å². The highest BCUT2D eigenvalue weighted by Crippen LogP contribution is 2.40. The molecule has 0 saturated heterocycles. The van der Waals surface area contributed by atoms with Crippen molar-refractivity contribution in [1.29, 1.82) is 0 Å². The van der Waals surface area contributed by atoms with Gasteiger partial charge in [0.05, 0.1) is 29.0 Å². The minimum Gasteiger partial charge on any atom is -0.496 e. The minimum atomic E-state index is -0.250. The molecule has 2 heterocycles. The Hall–Kier alpha value is -2.55. The van der Waals surface area contributed by atoms with Crippen molar-refractivity contribution >= 4 is 55.1 Å². The molecule has 36 heavy (non-hydrogen) atoms. The molecular formula is C28H26Br2FN3OS. The maximum absolute atomic E-state index is 13.5. The molecule has 0 spiro atoms. The molecule has 0 amide bonds. The van der Waals surface area contributed by atoms with E-state index in [2.05, 4.69) is 54.0 Å². The van der Waals surface area contributed by atoms with E-state index in [4.69, 9.17) is 14.8 Å². The summed E-state index contributed by atoms with van der Waals surface area (Å²) < 4.78 is 19.8. The largest absolute Gasteiger partial charge is 0.496 e. The zero-order valence-corrected chi connectivity index (χ0v) is 24.2. The summed E-state index contributed by atoms with van der Waals surface area (Å²) in [5, 5.41) is 9.85. The first-order valence-electron chi connectivity index (χ1n) is 11.4. The van der Waals surface area contributed by atoms with Crippen LogP contribution in [0.1, 0.15) is 48.9 Å². The molecule has 5 rings (SSSR count). The molecule has 3 aromatic carbocycles. The van der Waals surface area contributed by atoms with Gasteiger partial charge < -0.3 is 4.74 Å². The van der Waals surface area contributed by atoms with Crippen LogP contribution in [0, 0.1) is 5.82 Å². The number of thiazole rings is 1. The highest BCUT2D eigenvalue weighted by molar-refractivity contribution is 9.10. The molecule has 8 heteroatoms. The van der Waals surface area contributed by atoms with Gasteiger partial charge in [-0.3, -0.25) is 0 Å². The highest BCUT2D eigenvalue weighted by atomic mass is 79.9. The van der Waals surface area contributed by atoms with E-state index >= 15 is 0 Å². The van der Waals surface area contributed by atoms with Gasteiger partial charge in [-0.15, -0.1) is 28.3 Å². The lowest BCUT2D eigenvalue weighted by molar-refractivity contribution is 0.412. The molecule has 0 aliphatic carbocycles. The number of nitrogens with zero attached hydrogens (tertiary/aromatic N) is 3. The third-order valence-electron chi connectivity index (χ3n) is 6.21. The first kappa shape index (κ1) is 26.5. The molecular weight excluding hydrogens is 605 g/mol. The lowest BCUT2D eigenvalue weighted by Crippen LogP contribution is -2.18. The Morgan fingerprint density at radius 1 is 1.03 bits per heavy atom. The number of anilines is 1. The number of aromatic nitrogens is 1. The van der Waals surface area contributed by atoms with Gasteiger partial charge in [0.15, 0.2) is 0 Å². The van der Waals surface area contributed by atoms with E-state index in [0.29, 0.717) is 5.92 Å². The molecule has 1 aliphatic rings. The molecule has 0 bridgehead atoms. The van der Waals surface area contributed by atoms with Gasteiger partial charge in [0.25, 0.3) is 0 Å². The van der Waals surface area contributed by atoms with Crippen molar-refractivity contribution in [1.82, 2.24) is 4.98 Å². The second-order valence-corrected chi connectivity index (χ2v) is 10.5. The maximum Gasteiger partial charge on any atom is 0.207 e. The molecule has 1 unspecified atom stereocenters. The maximum atomic E-state index is 13.5. The Labute approximate surface area is 233 Å². The summed E-state index contributed by atoms with van der Waals surface area (Å²) in [4.78, 5) is 4.94. The molecule has 4 aromatic rings. The van der Waals surface area contributed by atoms with Gasteiger partial charge in [0, 0.05) is 17.4 Å². The smallest absolute Gasteiger partial charge is 0.207 e. The fraction of sp³-hybridized carbons (Fsp3) is 0.214. The Morgan fingerprint density at radius 3 is 2.36 bits per heavy atom. The predicted molar refractivity (Wildman–Crippen MR) is 155 cm³/mol. The van der Waals surface area contributed by atoms with E-state index in [1.165, 1.54) is 23.3 Å². The quantitative estimate of drug-likeness (QED) is 0.214. The third kappa shape index (κ3) is 5.41. The molecule has 0 fully saturated rings. The van der Waals surface area contributed by atoms with Gasteiger partial charge in [-0.05, 0) is 68.9 Å². The van der Waals surface area contributed by atoms with Crippen molar-refractivity contribution in [2.75, 3.05) is 12.1 Å². The van der Waals surface area contributed by atoms with E-state index in [1.807, 2.05) is 28.6 Å². The van der Waals surface area contributed by atoms with E-state index in [0.717, 1.165) is 44.3 Å². The summed E-state index contributed by atoms with van der Waals surface area (Å²) in [5.41, 5.74) is 6.21. The number of benzene rings is 3. The Balaban J connectivity index is 0.00000304. The summed E-state index contributed by atoms with van der Waals surface area (Å²) in [6.07, 6.45) is 0.718. The summed E-state index contributed by atoms with van der Waals surface area (Å²) in [5.74, 6) is 1.00. The molecule has 4 nitrogen and oxygen atoms in total. The van der Waals surface area contributed by atoms with Crippen LogP contribution in [0.2, 0.25) is 0 Å². The summed E-state index contributed by atoms with van der Waals surface area (Å²) in [6, 6.07) is 21.3. The van der Waals surface area contributed by atoms with Crippen LogP contribution in [0.25, 0.3) is 11.3 Å². The van der Waals surface area contributed by atoms with Crippen LogP contribution in [-0.4, -0.2) is 17.8 Å². The lowest BCUT2D eigenvalue weighted by atomic mass is 9.95. The van der Waals surface area contributed by atoms with Crippen LogP contribution < -0.4 is 9.75 Å². The zero-order valence-electron chi connectivity index (χ0n) is 20.1. The van der Waals surface area contributed by atoms with Crippen molar-refractivity contribution in [3.05, 3.63) is 99.1 Å². The predicted octanol–water partition coefficient (Wildman–Crippen LogP) is 8.78. The van der Waals surface area contributed by atoms with Crippen LogP contribution in [0.3, 0.4) is 0 Å². The van der Waals surface area contributed by atoms with Crippen LogP contribution >= 0.6 is 44.2 Å². The first-order valence-corrected chi connectivity index (χ1v) is 13.1. The van der Waals surface area contributed by atoms with E-state index in [9.17, 15) is 4.39 Å². The number of ether oxygens (including phenoxy) is 1. The van der Waals surface area contributed by atoms with Crippen LogP contribution in [0.5, 0.6) is 5.75 Å². The molecule has 1 aromatic heterocycles. The summed E-state index contributed by atoms with van der Waals surface area (Å²) >= 11 is 5.13. The molecule has 0 N–H and O–H groups in total. The fourth-order valence-electron chi connectivity index (χ4n) is 4.19. The van der Waals surface area contributed by atoms with Crippen molar-refractivity contribution in [2.24, 2.45) is 5.10 Å². The van der Waals surface area contributed by atoms with Crippen LogP contribution in [0.4, 0.5) is 9.52 Å². The normalized spacial score (nSPS) is 15.1. The molecule has 0 radical (unpaired) electrons. The van der Waals surface area contributed by atoms with Gasteiger partial charge in [-0.25, -0.2) is 14.4 Å². The Kier molecular flexibility index (Phi) is 8.27. The number of rotatable bonds is 6. The number of hydrazone groups is 1. The average Bonchev–Trinajstić information content (AvgIpc) is 3.52. The number of halogens is 3. The van der Waals surface area contributed by atoms with Crippen LogP contribution in [0.15, 0.2) is 81.7 Å². The summed E-state index contributed by atoms with van der Waals surface area (Å²) in [7, 11) is 1.65. The van der Waals surface area contributed by atoms with Gasteiger partial charge in [0.1, 0.15) is 11.6 Å². The minimum absolute atomic E-state index is 0. The standard InChI is InChI=1S/C28H25BrFN3OS.BrH/c1-17(2)18-4-6-20(7-5-18)26-15-24(19-8-11-22(30)12-9-19)32-33(26)28-31-25(16-35-28)21-10-13-27(34-3)23(29)14-21;/h4-14,16-17,26H,15H2,1-3H3;1H. The van der Waals surface area contributed by atoms with Crippen molar-refractivity contribution in [2.45, 2.75) is 32.2 Å². The van der Waals surface area contributed by atoms with E-state index in [1.54, 1.807) is 30.6 Å². The first-order chi connectivity index (χ1) is 16.9. The number of hydrogen-bond donors (Lipinski definition) is 0. The van der Waals surface area contributed by atoms with Gasteiger partial charge >= 0.3 is 0 Å². The van der Waals surface area contributed by atoms with Crippen molar-refractivity contribution < 1.29 is 9.13 Å². The second-order valence-electron chi connectivity index (χ2n) is 8.80. The molecule has 1 atom stereocenters. The molecule has 1 aliphatic heterocycles. The third-order valence-corrected chi connectivity index (χ3v) is 7.66. The zero-order chi connectivity index (χ0) is 24.5. The van der Waals surface area contributed by atoms with Crippen molar-refractivity contribution in [3.63, 3.8) is 0 Å². The molecule has 0 saturated carbocycles. The highest BCUT2D eigenvalue weighted by Gasteiger charge is 2.32. The number of hydrogen-bond acceptors (Lipinski definition) is 5. The topological polar surface area (TPSA) is 37.7 Å². The Bertz CT molecular complexity index is 1370. The Morgan fingerprint density at radius 2 is 1.72 bits per heavy atom. The average molecular weight is 631 g/mol. The van der Waals surface area contributed by atoms with Gasteiger partial charge in [-0.2, -0.15) is 5.10 Å². The second kappa shape index (κ2) is 11.2. The monoisotopic (exact) mass is 629 g/mol. The fourth-order valence-corrected chi connectivity index (χ4v) is 5.57. The summed E-state index contributed by atoms with van der Waals surface area (Å²) in [6.45, 7) is 4.39. The van der Waals surface area contributed by atoms with E-state index < -0.39 is 0 Å². The van der Waals surface area contributed by atoms with Gasteiger partial charge in [-0.1, -0.05) is 50.2 Å². The SMILES string of the molecule is Br.COc1ccc(-c2csc(N3N=C(c4ccc(F)cc4)CC3c3ccc(C(C)C)cc3)n2)cc1Br. The lowest BCUT2D eigenvalue weighted by Gasteiger charge is -2.21. The molecule has 186 valence electrons. The number of methoxy groups -OCH3 is 1. The van der Waals surface area contributed by atoms with E-state index in [-0.39, 0.29) is 28.8 Å². The van der Waals surface area contributed by atoms with Crippen molar-refractivity contribution in [3.8, 4) is 17.0 Å².